The van der Waals surface area contributed by atoms with Crippen LogP contribution in [-0.2, 0) is 0 Å². The number of hydrogen-bond acceptors (Lipinski definition) is 2. The molecule has 1 heterocycles. The van der Waals surface area contributed by atoms with E-state index in [-0.39, 0.29) is 0 Å². The molecule has 1 unspecified atom stereocenters. The summed E-state index contributed by atoms with van der Waals surface area (Å²) in [6.07, 6.45) is 5.40. The van der Waals surface area contributed by atoms with E-state index in [1.807, 2.05) is 19.2 Å². The Morgan fingerprint density at radius 1 is 1.36 bits per heavy atom. The molecule has 80 valence electrons. The quantitative estimate of drug-likeness (QED) is 0.753. The van der Waals surface area contributed by atoms with E-state index in [0.717, 1.165) is 18.1 Å². The van der Waals surface area contributed by atoms with E-state index in [4.69, 9.17) is 4.42 Å². The first-order chi connectivity index (χ1) is 6.81. The van der Waals surface area contributed by atoms with Gasteiger partial charge in [0.2, 0.25) is 0 Å². The normalized spacial score (nSPS) is 13.4. The zero-order valence-electron chi connectivity index (χ0n) is 9.42. The minimum absolute atomic E-state index is 0.370. The highest BCUT2D eigenvalue weighted by atomic mass is 16.3. The molecule has 0 aliphatic heterocycles. The summed E-state index contributed by atoms with van der Waals surface area (Å²) in [7, 11) is 2.00. The molecule has 0 spiro atoms. The summed E-state index contributed by atoms with van der Waals surface area (Å²) in [4.78, 5) is 0. The summed E-state index contributed by atoms with van der Waals surface area (Å²) in [6.45, 7) is 4.51. The van der Waals surface area contributed by atoms with Crippen LogP contribution in [-0.4, -0.2) is 7.05 Å². The monoisotopic (exact) mass is 195 g/mol. The van der Waals surface area contributed by atoms with Crippen molar-refractivity contribution in [2.24, 2.45) is 5.92 Å². The highest BCUT2D eigenvalue weighted by Crippen LogP contribution is 2.24. The van der Waals surface area contributed by atoms with Gasteiger partial charge in [-0.25, -0.2) is 0 Å². The molecular formula is C12H21NO. The van der Waals surface area contributed by atoms with Crippen molar-refractivity contribution in [3.63, 3.8) is 0 Å². The average molecular weight is 195 g/mol. The van der Waals surface area contributed by atoms with Crippen molar-refractivity contribution >= 4 is 0 Å². The van der Waals surface area contributed by atoms with Gasteiger partial charge < -0.3 is 9.73 Å². The zero-order chi connectivity index (χ0) is 10.4. The average Bonchev–Trinajstić information content (AvgIpc) is 2.73. The molecule has 2 nitrogen and oxygen atoms in total. The molecule has 0 aliphatic rings. The summed E-state index contributed by atoms with van der Waals surface area (Å²) in [5.74, 6) is 1.84. The molecule has 0 saturated heterocycles. The van der Waals surface area contributed by atoms with E-state index >= 15 is 0 Å². The summed E-state index contributed by atoms with van der Waals surface area (Å²) in [5.41, 5.74) is 0. The van der Waals surface area contributed by atoms with Gasteiger partial charge in [0.05, 0.1) is 12.3 Å². The number of nitrogens with one attached hydrogen (secondary N) is 1. The lowest BCUT2D eigenvalue weighted by Gasteiger charge is -2.19. The molecule has 2 heteroatoms. The van der Waals surface area contributed by atoms with E-state index < -0.39 is 0 Å². The van der Waals surface area contributed by atoms with Crippen molar-refractivity contribution in [3.8, 4) is 0 Å². The zero-order valence-corrected chi connectivity index (χ0v) is 9.42. The largest absolute Gasteiger partial charge is 0.468 e. The molecule has 1 rings (SSSR count). The third kappa shape index (κ3) is 2.88. The third-order valence-electron chi connectivity index (χ3n) is 2.96. The van der Waals surface area contributed by atoms with Crippen molar-refractivity contribution in [3.05, 3.63) is 24.2 Å². The van der Waals surface area contributed by atoms with Crippen molar-refractivity contribution in [2.75, 3.05) is 7.05 Å². The Morgan fingerprint density at radius 3 is 2.50 bits per heavy atom. The van der Waals surface area contributed by atoms with Gasteiger partial charge >= 0.3 is 0 Å². The van der Waals surface area contributed by atoms with Gasteiger partial charge in [-0.1, -0.05) is 26.7 Å². The third-order valence-corrected chi connectivity index (χ3v) is 2.96. The predicted octanol–water partition coefficient (Wildman–Crippen LogP) is 3.37. The van der Waals surface area contributed by atoms with Gasteiger partial charge in [-0.15, -0.1) is 0 Å². The first-order valence-electron chi connectivity index (χ1n) is 5.52. The van der Waals surface area contributed by atoms with Crippen LogP contribution in [0.3, 0.4) is 0 Å². The molecule has 0 fully saturated rings. The molecule has 0 aromatic carbocycles. The van der Waals surface area contributed by atoms with Crippen molar-refractivity contribution in [1.29, 1.82) is 0 Å². The van der Waals surface area contributed by atoms with E-state index in [1.54, 1.807) is 6.26 Å². The molecule has 14 heavy (non-hydrogen) atoms. The van der Waals surface area contributed by atoms with Gasteiger partial charge in [0, 0.05) is 0 Å². The molecule has 1 N–H and O–H groups in total. The molecule has 0 aliphatic carbocycles. The summed E-state index contributed by atoms with van der Waals surface area (Å²) >= 11 is 0. The van der Waals surface area contributed by atoms with Gasteiger partial charge in [-0.05, 0) is 31.5 Å². The Hall–Kier alpha value is -0.760. The lowest BCUT2D eigenvalue weighted by atomic mass is 9.94. The van der Waals surface area contributed by atoms with Crippen LogP contribution < -0.4 is 5.32 Å². The van der Waals surface area contributed by atoms with Crippen LogP contribution in [0.4, 0.5) is 0 Å². The molecule has 0 radical (unpaired) electrons. The minimum Gasteiger partial charge on any atom is -0.468 e. The summed E-state index contributed by atoms with van der Waals surface area (Å²) < 4.78 is 5.41. The van der Waals surface area contributed by atoms with Gasteiger partial charge in [0.1, 0.15) is 5.76 Å². The Balaban J connectivity index is 2.55. The fraction of sp³-hybridized carbons (Fsp3) is 0.667. The number of rotatable bonds is 6. The number of furan rings is 1. The smallest absolute Gasteiger partial charge is 0.120 e. The predicted molar refractivity (Wildman–Crippen MR) is 59.2 cm³/mol. The lowest BCUT2D eigenvalue weighted by molar-refractivity contribution is 0.341. The Kier molecular flexibility index (Phi) is 4.74. The lowest BCUT2D eigenvalue weighted by Crippen LogP contribution is -2.19. The SMILES string of the molecule is CCC(CC)CC(NC)c1ccco1. The minimum atomic E-state index is 0.370. The van der Waals surface area contributed by atoms with Crippen molar-refractivity contribution in [1.82, 2.24) is 5.32 Å². The van der Waals surface area contributed by atoms with Crippen LogP contribution >= 0.6 is 0 Å². The summed E-state index contributed by atoms with van der Waals surface area (Å²) in [5, 5.41) is 3.31. The second kappa shape index (κ2) is 5.86. The Labute approximate surface area is 86.7 Å². The van der Waals surface area contributed by atoms with E-state index in [9.17, 15) is 0 Å². The Morgan fingerprint density at radius 2 is 2.07 bits per heavy atom. The van der Waals surface area contributed by atoms with Gasteiger partial charge in [0.25, 0.3) is 0 Å². The molecule has 1 aromatic rings. The molecule has 1 atom stereocenters. The van der Waals surface area contributed by atoms with E-state index in [1.165, 1.54) is 12.8 Å². The maximum absolute atomic E-state index is 5.41. The summed E-state index contributed by atoms with van der Waals surface area (Å²) in [6, 6.07) is 4.37. The molecule has 0 amide bonds. The first kappa shape index (κ1) is 11.3. The van der Waals surface area contributed by atoms with Crippen LogP contribution in [0, 0.1) is 5.92 Å². The van der Waals surface area contributed by atoms with Crippen LogP contribution in [0.1, 0.15) is 44.9 Å². The van der Waals surface area contributed by atoms with Crippen molar-refractivity contribution < 1.29 is 4.42 Å². The highest BCUT2D eigenvalue weighted by molar-refractivity contribution is 5.04. The second-order valence-electron chi connectivity index (χ2n) is 3.77. The molecule has 0 saturated carbocycles. The standard InChI is InChI=1S/C12H21NO/c1-4-10(5-2)9-11(13-3)12-7-6-8-14-12/h6-8,10-11,13H,4-5,9H2,1-3H3. The fourth-order valence-electron chi connectivity index (χ4n) is 1.82. The maximum atomic E-state index is 5.41. The van der Waals surface area contributed by atoms with Gasteiger partial charge in [0.15, 0.2) is 0 Å². The Bertz CT molecular complexity index is 226. The van der Waals surface area contributed by atoms with E-state index in [0.29, 0.717) is 6.04 Å². The highest BCUT2D eigenvalue weighted by Gasteiger charge is 2.16. The van der Waals surface area contributed by atoms with Crippen LogP contribution in [0.25, 0.3) is 0 Å². The van der Waals surface area contributed by atoms with Crippen LogP contribution in [0.15, 0.2) is 22.8 Å². The van der Waals surface area contributed by atoms with Gasteiger partial charge in [-0.2, -0.15) is 0 Å². The molecule has 1 aromatic heterocycles. The van der Waals surface area contributed by atoms with Gasteiger partial charge in [-0.3, -0.25) is 0 Å². The molecule has 0 bridgehead atoms. The topological polar surface area (TPSA) is 25.2 Å². The van der Waals surface area contributed by atoms with E-state index in [2.05, 4.69) is 19.2 Å². The van der Waals surface area contributed by atoms with Crippen LogP contribution in [0.2, 0.25) is 0 Å². The molecular weight excluding hydrogens is 174 g/mol. The van der Waals surface area contributed by atoms with Crippen molar-refractivity contribution in [2.45, 2.75) is 39.2 Å². The first-order valence-corrected chi connectivity index (χ1v) is 5.52. The maximum Gasteiger partial charge on any atom is 0.120 e. The number of hydrogen-bond donors (Lipinski definition) is 1. The second-order valence-corrected chi connectivity index (χ2v) is 3.77. The van der Waals surface area contributed by atoms with Crippen LogP contribution in [0.5, 0.6) is 0 Å². The fourth-order valence-corrected chi connectivity index (χ4v) is 1.82.